The van der Waals surface area contributed by atoms with Crippen LogP contribution in [-0.2, 0) is 22.6 Å². The molecule has 1 amide bonds. The molecule has 0 aromatic heterocycles. The summed E-state index contributed by atoms with van der Waals surface area (Å²) in [5, 5.41) is 3.35. The van der Waals surface area contributed by atoms with E-state index in [0.29, 0.717) is 28.3 Å². The molecule has 1 atom stereocenters. The standard InChI is InChI=1S/C17H15Cl2NO3/c18-15-7-6-13(9-16(15)19)11-23-17(22)20-14(10-21)8-12-4-2-1-3-5-12/h1-7,9-10,14H,8,11H2,(H,20,22)/t14-/m0/s1. The molecule has 1 N–H and O–H groups in total. The van der Waals surface area contributed by atoms with Crippen LogP contribution in [0.1, 0.15) is 11.1 Å². The number of aldehydes is 1. The smallest absolute Gasteiger partial charge is 0.408 e. The minimum atomic E-state index is -0.663. The van der Waals surface area contributed by atoms with Crippen molar-refractivity contribution < 1.29 is 14.3 Å². The molecule has 0 saturated carbocycles. The number of carbonyl (C=O) groups excluding carboxylic acids is 2. The topological polar surface area (TPSA) is 55.4 Å². The van der Waals surface area contributed by atoms with Crippen LogP contribution in [0, 0.1) is 0 Å². The van der Waals surface area contributed by atoms with E-state index in [9.17, 15) is 9.59 Å². The van der Waals surface area contributed by atoms with Gasteiger partial charge in [-0.2, -0.15) is 0 Å². The predicted octanol–water partition coefficient (Wildman–Crippen LogP) is 4.03. The quantitative estimate of drug-likeness (QED) is 0.799. The van der Waals surface area contributed by atoms with E-state index in [1.54, 1.807) is 18.2 Å². The van der Waals surface area contributed by atoms with Gasteiger partial charge in [-0.3, -0.25) is 0 Å². The maximum atomic E-state index is 11.8. The zero-order valence-electron chi connectivity index (χ0n) is 12.2. The summed E-state index contributed by atoms with van der Waals surface area (Å²) in [7, 11) is 0. The lowest BCUT2D eigenvalue weighted by atomic mass is 10.1. The van der Waals surface area contributed by atoms with Gasteiger partial charge in [-0.05, 0) is 29.7 Å². The van der Waals surface area contributed by atoms with E-state index in [1.165, 1.54) is 0 Å². The Hall–Kier alpha value is -2.04. The average molecular weight is 352 g/mol. The Morgan fingerprint density at radius 2 is 1.83 bits per heavy atom. The number of hydrogen-bond acceptors (Lipinski definition) is 3. The molecule has 120 valence electrons. The minimum Gasteiger partial charge on any atom is -0.445 e. The van der Waals surface area contributed by atoms with Crippen molar-refractivity contribution in [1.29, 1.82) is 0 Å². The number of amides is 1. The third-order valence-corrected chi connectivity index (χ3v) is 3.86. The van der Waals surface area contributed by atoms with E-state index >= 15 is 0 Å². The van der Waals surface area contributed by atoms with Gasteiger partial charge in [0.2, 0.25) is 0 Å². The summed E-state index contributed by atoms with van der Waals surface area (Å²) in [5.41, 5.74) is 1.66. The molecule has 0 aliphatic carbocycles. The van der Waals surface area contributed by atoms with E-state index in [4.69, 9.17) is 27.9 Å². The van der Waals surface area contributed by atoms with Crippen molar-refractivity contribution in [2.75, 3.05) is 0 Å². The summed E-state index contributed by atoms with van der Waals surface area (Å²) in [6, 6.07) is 13.7. The third-order valence-electron chi connectivity index (χ3n) is 3.12. The Balaban J connectivity index is 1.85. The zero-order valence-corrected chi connectivity index (χ0v) is 13.7. The molecule has 0 spiro atoms. The maximum Gasteiger partial charge on any atom is 0.408 e. The maximum absolute atomic E-state index is 11.8. The molecule has 0 saturated heterocycles. The van der Waals surface area contributed by atoms with Gasteiger partial charge in [0.05, 0.1) is 16.1 Å². The second-order valence-corrected chi connectivity index (χ2v) is 5.72. The number of halogens is 2. The summed E-state index contributed by atoms with van der Waals surface area (Å²) in [6.45, 7) is 0.0413. The summed E-state index contributed by atoms with van der Waals surface area (Å²) >= 11 is 11.7. The van der Waals surface area contributed by atoms with Crippen molar-refractivity contribution in [2.24, 2.45) is 0 Å². The van der Waals surface area contributed by atoms with E-state index < -0.39 is 12.1 Å². The molecule has 6 heteroatoms. The summed E-state index contributed by atoms with van der Waals surface area (Å²) < 4.78 is 5.08. The molecule has 2 rings (SSSR count). The number of hydrogen-bond donors (Lipinski definition) is 1. The van der Waals surface area contributed by atoms with Crippen LogP contribution in [0.2, 0.25) is 10.0 Å². The van der Waals surface area contributed by atoms with Crippen LogP contribution >= 0.6 is 23.2 Å². The Morgan fingerprint density at radius 3 is 2.48 bits per heavy atom. The van der Waals surface area contributed by atoms with Crippen molar-refractivity contribution in [3.63, 3.8) is 0 Å². The van der Waals surface area contributed by atoms with E-state index in [-0.39, 0.29) is 6.61 Å². The first-order chi connectivity index (χ1) is 11.1. The van der Waals surface area contributed by atoms with Crippen LogP contribution in [0.4, 0.5) is 4.79 Å². The van der Waals surface area contributed by atoms with Crippen LogP contribution in [0.25, 0.3) is 0 Å². The van der Waals surface area contributed by atoms with E-state index in [2.05, 4.69) is 5.32 Å². The SMILES string of the molecule is O=C[C@H](Cc1ccccc1)NC(=O)OCc1ccc(Cl)c(Cl)c1. The molecule has 4 nitrogen and oxygen atoms in total. The van der Waals surface area contributed by atoms with E-state index in [0.717, 1.165) is 5.56 Å². The summed E-state index contributed by atoms with van der Waals surface area (Å²) in [5.74, 6) is 0. The van der Waals surface area contributed by atoms with Crippen LogP contribution in [0.5, 0.6) is 0 Å². The number of carbonyl (C=O) groups is 2. The predicted molar refractivity (Wildman–Crippen MR) is 89.8 cm³/mol. The van der Waals surface area contributed by atoms with Crippen LogP contribution in [0.3, 0.4) is 0 Å². The molecule has 0 unspecified atom stereocenters. The van der Waals surface area contributed by atoms with Crippen molar-refractivity contribution in [3.05, 3.63) is 69.7 Å². The molecule has 0 bridgehead atoms. The highest BCUT2D eigenvalue weighted by molar-refractivity contribution is 6.42. The normalized spacial score (nSPS) is 11.6. The van der Waals surface area contributed by atoms with Crippen LogP contribution < -0.4 is 5.32 Å². The Labute approximate surface area is 144 Å². The summed E-state index contributed by atoms with van der Waals surface area (Å²) in [6.07, 6.45) is 0.434. The fraction of sp³-hybridized carbons (Fsp3) is 0.176. The average Bonchev–Trinajstić information content (AvgIpc) is 2.56. The van der Waals surface area contributed by atoms with Gasteiger partial charge in [-0.25, -0.2) is 4.79 Å². The first-order valence-corrected chi connectivity index (χ1v) is 7.70. The molecule has 23 heavy (non-hydrogen) atoms. The number of alkyl carbamates (subject to hydrolysis) is 1. The second kappa shape index (κ2) is 8.56. The van der Waals surface area contributed by atoms with Gasteiger partial charge >= 0.3 is 6.09 Å². The van der Waals surface area contributed by atoms with Gasteiger partial charge in [0.25, 0.3) is 0 Å². The molecule has 2 aromatic rings. The highest BCUT2D eigenvalue weighted by Crippen LogP contribution is 2.22. The molecule has 0 fully saturated rings. The Morgan fingerprint density at radius 1 is 1.09 bits per heavy atom. The fourth-order valence-electron chi connectivity index (χ4n) is 1.97. The van der Waals surface area contributed by atoms with E-state index in [1.807, 2.05) is 30.3 Å². The van der Waals surface area contributed by atoms with Crippen molar-refractivity contribution in [2.45, 2.75) is 19.1 Å². The monoisotopic (exact) mass is 351 g/mol. The highest BCUT2D eigenvalue weighted by atomic mass is 35.5. The molecule has 0 heterocycles. The first kappa shape index (κ1) is 17.3. The number of rotatable bonds is 6. The molecular weight excluding hydrogens is 337 g/mol. The lowest BCUT2D eigenvalue weighted by molar-refractivity contribution is -0.109. The number of ether oxygens (including phenoxy) is 1. The lowest BCUT2D eigenvalue weighted by Gasteiger charge is -2.13. The van der Waals surface area contributed by atoms with Gasteiger partial charge in [-0.15, -0.1) is 0 Å². The third kappa shape index (κ3) is 5.58. The summed E-state index contributed by atoms with van der Waals surface area (Å²) in [4.78, 5) is 22.9. The molecule has 2 aromatic carbocycles. The highest BCUT2D eigenvalue weighted by Gasteiger charge is 2.13. The molecule has 0 radical (unpaired) electrons. The number of benzene rings is 2. The number of nitrogens with one attached hydrogen (secondary N) is 1. The van der Waals surface area contributed by atoms with Gasteiger partial charge in [0.15, 0.2) is 0 Å². The van der Waals surface area contributed by atoms with Crippen molar-refractivity contribution in [3.8, 4) is 0 Å². The zero-order chi connectivity index (χ0) is 16.7. The molecule has 0 aliphatic heterocycles. The van der Waals surface area contributed by atoms with Gasteiger partial charge < -0.3 is 14.8 Å². The van der Waals surface area contributed by atoms with Crippen molar-refractivity contribution in [1.82, 2.24) is 5.32 Å². The Kier molecular flexibility index (Phi) is 6.44. The van der Waals surface area contributed by atoms with Gasteiger partial charge in [0.1, 0.15) is 12.9 Å². The van der Waals surface area contributed by atoms with Crippen molar-refractivity contribution >= 4 is 35.6 Å². The van der Waals surface area contributed by atoms with Gasteiger partial charge in [0, 0.05) is 0 Å². The second-order valence-electron chi connectivity index (χ2n) is 4.90. The minimum absolute atomic E-state index is 0.0413. The van der Waals surface area contributed by atoms with Crippen LogP contribution in [0.15, 0.2) is 48.5 Å². The largest absolute Gasteiger partial charge is 0.445 e. The van der Waals surface area contributed by atoms with Gasteiger partial charge in [-0.1, -0.05) is 59.6 Å². The lowest BCUT2D eigenvalue weighted by Crippen LogP contribution is -2.37. The first-order valence-electron chi connectivity index (χ1n) is 6.95. The molecular formula is C17H15Cl2NO3. The molecule has 0 aliphatic rings. The Bertz CT molecular complexity index is 677. The van der Waals surface area contributed by atoms with Crippen LogP contribution in [-0.4, -0.2) is 18.4 Å². The fourth-order valence-corrected chi connectivity index (χ4v) is 2.29.